The van der Waals surface area contributed by atoms with Gasteiger partial charge in [0.2, 0.25) is 0 Å². The van der Waals surface area contributed by atoms with Crippen molar-refractivity contribution in [2.24, 2.45) is 28.1 Å². The molecule has 1 aromatic rings. The van der Waals surface area contributed by atoms with Crippen molar-refractivity contribution in [3.8, 4) is 0 Å². The summed E-state index contributed by atoms with van der Waals surface area (Å²) in [6.45, 7) is 12.4. The summed E-state index contributed by atoms with van der Waals surface area (Å²) in [5, 5.41) is 25.3. The monoisotopic (exact) mass is 618 g/mol. The van der Waals surface area contributed by atoms with Crippen LogP contribution in [0.15, 0.2) is 23.0 Å². The lowest BCUT2D eigenvalue weighted by atomic mass is 9.36. The number of carbonyl (C=O) groups is 3. The molecule has 2 spiro atoms. The maximum Gasteiger partial charge on any atom is 0.306 e. The van der Waals surface area contributed by atoms with Gasteiger partial charge >= 0.3 is 17.9 Å². The van der Waals surface area contributed by atoms with Crippen molar-refractivity contribution >= 4 is 17.9 Å². The van der Waals surface area contributed by atoms with Crippen molar-refractivity contribution in [3.63, 3.8) is 0 Å². The molecule has 4 heterocycles. The highest BCUT2D eigenvalue weighted by atomic mass is 16.9. The minimum absolute atomic E-state index is 0.0662. The van der Waals surface area contributed by atoms with Crippen LogP contribution in [0.1, 0.15) is 85.8 Å². The average Bonchev–Trinajstić information content (AvgIpc) is 3.63. The molecule has 6 aliphatic rings. The Labute approximate surface area is 255 Å². The normalized spacial score (nSPS) is 50.3. The zero-order valence-corrected chi connectivity index (χ0v) is 26.4. The average molecular weight is 619 g/mol. The molecule has 4 bridgehead atoms. The molecule has 1 aromatic heterocycles. The molecule has 0 aromatic carbocycles. The van der Waals surface area contributed by atoms with Crippen LogP contribution in [0.5, 0.6) is 0 Å². The largest absolute Gasteiger partial charge is 0.472 e. The Balaban J connectivity index is 1.53. The van der Waals surface area contributed by atoms with E-state index in [1.165, 1.54) is 26.6 Å². The second-order valence-electron chi connectivity index (χ2n) is 14.9. The summed E-state index contributed by atoms with van der Waals surface area (Å²) < 4.78 is 43.4. The van der Waals surface area contributed by atoms with Gasteiger partial charge in [-0.2, -0.15) is 0 Å². The maximum absolute atomic E-state index is 13.7. The number of esters is 3. The van der Waals surface area contributed by atoms with Gasteiger partial charge in [-0.15, -0.1) is 0 Å². The first-order valence-corrected chi connectivity index (χ1v) is 15.4. The zero-order chi connectivity index (χ0) is 32.1. The van der Waals surface area contributed by atoms with E-state index >= 15 is 0 Å². The van der Waals surface area contributed by atoms with E-state index in [2.05, 4.69) is 0 Å². The SMILES string of the molecule is CCC12OC3(C)OC14C(C(C)(C)C(OC(C)=O)c1ccoc1)CC(=O)OC4C1(O)C(O)C4(C)CC1(O3)C2(C)C4CC(=O)OC. The Hall–Kier alpha value is -2.51. The molecule has 7 rings (SSSR count). The third kappa shape index (κ3) is 2.84. The fourth-order valence-electron chi connectivity index (χ4n) is 11.7. The number of hydrogen-bond donors (Lipinski definition) is 2. The van der Waals surface area contributed by atoms with Crippen LogP contribution in [-0.4, -0.2) is 75.8 Å². The van der Waals surface area contributed by atoms with Crippen LogP contribution >= 0.6 is 0 Å². The summed E-state index contributed by atoms with van der Waals surface area (Å²) in [7, 11) is 1.31. The molecule has 0 amide bonds. The quantitative estimate of drug-likeness (QED) is 0.340. The number of ether oxygens (including phenoxy) is 6. The third-order valence-corrected chi connectivity index (χ3v) is 12.9. The lowest BCUT2D eigenvalue weighted by Crippen LogP contribution is -2.93. The van der Waals surface area contributed by atoms with E-state index in [4.69, 9.17) is 32.8 Å². The lowest BCUT2D eigenvalue weighted by molar-refractivity contribution is -0.475. The Morgan fingerprint density at radius 2 is 1.89 bits per heavy atom. The highest BCUT2D eigenvalue weighted by Gasteiger charge is 3.02. The Morgan fingerprint density at radius 1 is 1.18 bits per heavy atom. The molecule has 44 heavy (non-hydrogen) atoms. The van der Waals surface area contributed by atoms with Crippen molar-refractivity contribution in [2.75, 3.05) is 7.11 Å². The molecule has 3 aliphatic heterocycles. The summed E-state index contributed by atoms with van der Waals surface area (Å²) in [6.07, 6.45) is -0.568. The van der Waals surface area contributed by atoms with Crippen molar-refractivity contribution in [2.45, 2.75) is 121 Å². The van der Waals surface area contributed by atoms with Crippen molar-refractivity contribution in [1.29, 1.82) is 0 Å². The lowest BCUT2D eigenvalue weighted by Gasteiger charge is -2.75. The molecule has 12 unspecified atom stereocenters. The van der Waals surface area contributed by atoms with Crippen LogP contribution in [-0.2, 0) is 42.8 Å². The number of aliphatic hydroxyl groups is 2. The number of fused-ring (bicyclic) bond motifs is 3. The molecule has 3 saturated carbocycles. The summed E-state index contributed by atoms with van der Waals surface area (Å²) in [6, 6.07) is 1.70. The number of aliphatic hydroxyl groups excluding tert-OH is 1. The zero-order valence-electron chi connectivity index (χ0n) is 26.4. The molecule has 12 atom stereocenters. The fourth-order valence-corrected chi connectivity index (χ4v) is 11.7. The van der Waals surface area contributed by atoms with Crippen LogP contribution in [0.2, 0.25) is 0 Å². The second kappa shape index (κ2) is 8.44. The smallest absolute Gasteiger partial charge is 0.306 e. The van der Waals surface area contributed by atoms with Gasteiger partial charge in [-0.25, -0.2) is 0 Å². The summed E-state index contributed by atoms with van der Waals surface area (Å²) in [5.41, 5.74) is -9.28. The highest BCUT2D eigenvalue weighted by molar-refractivity contribution is 5.74. The summed E-state index contributed by atoms with van der Waals surface area (Å²) >= 11 is 0. The minimum Gasteiger partial charge on any atom is -0.472 e. The van der Waals surface area contributed by atoms with Crippen LogP contribution in [0.25, 0.3) is 0 Å². The first kappa shape index (κ1) is 30.2. The van der Waals surface area contributed by atoms with Gasteiger partial charge in [0.1, 0.15) is 22.9 Å². The van der Waals surface area contributed by atoms with Gasteiger partial charge in [-0.3, -0.25) is 14.4 Å². The number of hydrogen-bond acceptors (Lipinski definition) is 12. The van der Waals surface area contributed by atoms with Gasteiger partial charge in [-0.1, -0.05) is 34.6 Å². The number of carbonyl (C=O) groups excluding carboxylic acids is 3. The van der Waals surface area contributed by atoms with E-state index in [1.807, 2.05) is 34.6 Å². The van der Waals surface area contributed by atoms with Gasteiger partial charge in [0, 0.05) is 48.0 Å². The molecule has 3 saturated heterocycles. The number of rotatable bonds is 7. The first-order chi connectivity index (χ1) is 20.4. The van der Waals surface area contributed by atoms with E-state index in [1.54, 1.807) is 13.0 Å². The van der Waals surface area contributed by atoms with Gasteiger partial charge in [0.25, 0.3) is 5.97 Å². The highest BCUT2D eigenvalue weighted by Crippen LogP contribution is 2.88. The van der Waals surface area contributed by atoms with Crippen LogP contribution in [0.3, 0.4) is 0 Å². The molecule has 12 nitrogen and oxygen atoms in total. The van der Waals surface area contributed by atoms with Gasteiger partial charge < -0.3 is 43.1 Å². The van der Waals surface area contributed by atoms with E-state index in [-0.39, 0.29) is 19.3 Å². The fraction of sp³-hybridized carbons (Fsp3) is 0.781. The van der Waals surface area contributed by atoms with E-state index in [0.29, 0.717) is 12.0 Å². The molecule has 3 aliphatic carbocycles. The van der Waals surface area contributed by atoms with Crippen molar-refractivity contribution < 1.29 is 57.4 Å². The van der Waals surface area contributed by atoms with Gasteiger partial charge in [0.05, 0.1) is 32.2 Å². The van der Waals surface area contributed by atoms with Crippen molar-refractivity contribution in [3.05, 3.63) is 24.2 Å². The molecular weight excluding hydrogens is 576 g/mol. The predicted molar refractivity (Wildman–Crippen MR) is 147 cm³/mol. The van der Waals surface area contributed by atoms with Crippen LogP contribution in [0, 0.1) is 28.1 Å². The number of furan rings is 1. The topological polar surface area (TPSA) is 160 Å². The third-order valence-electron chi connectivity index (χ3n) is 12.9. The molecule has 0 radical (unpaired) electrons. The molecule has 2 N–H and O–H groups in total. The molecule has 242 valence electrons. The standard InChI is InChI=1S/C32H42O12/c1-9-29-27(6)19(13-20(34)38-8)26(5)15-30(27)31(37,23(26)36)24-32(29,44-28(7,42-29)43-30)18(12-21(35)41-24)25(3,4)22(40-16(2)33)17-10-11-39-14-17/h10-11,14,18-19,22-24,36-37H,9,12-13,15H2,1-8H3. The Kier molecular flexibility index (Phi) is 5.79. The van der Waals surface area contributed by atoms with Crippen molar-refractivity contribution in [1.82, 2.24) is 0 Å². The molecular formula is C32H42O12. The Morgan fingerprint density at radius 3 is 2.48 bits per heavy atom. The minimum atomic E-state index is -2.14. The van der Waals surface area contributed by atoms with E-state index in [9.17, 15) is 24.6 Å². The van der Waals surface area contributed by atoms with E-state index < -0.39 is 92.7 Å². The van der Waals surface area contributed by atoms with Gasteiger partial charge in [0.15, 0.2) is 11.7 Å². The predicted octanol–water partition coefficient (Wildman–Crippen LogP) is 2.93. The molecule has 12 heteroatoms. The Bertz CT molecular complexity index is 1440. The second-order valence-corrected chi connectivity index (χ2v) is 14.9. The van der Waals surface area contributed by atoms with Crippen LogP contribution < -0.4 is 0 Å². The van der Waals surface area contributed by atoms with E-state index in [0.717, 1.165) is 0 Å². The maximum atomic E-state index is 13.7. The summed E-state index contributed by atoms with van der Waals surface area (Å²) in [5.74, 6) is -4.71. The molecule has 6 fully saturated rings. The van der Waals surface area contributed by atoms with Crippen LogP contribution in [0.4, 0.5) is 0 Å². The number of methoxy groups -OCH3 is 1. The van der Waals surface area contributed by atoms with Gasteiger partial charge in [-0.05, 0) is 24.8 Å². The first-order valence-electron chi connectivity index (χ1n) is 15.4. The summed E-state index contributed by atoms with van der Waals surface area (Å²) in [4.78, 5) is 39.2.